The summed E-state index contributed by atoms with van der Waals surface area (Å²) >= 11 is 6.70. The highest BCUT2D eigenvalue weighted by Gasteiger charge is 2.45. The van der Waals surface area contributed by atoms with Gasteiger partial charge in [-0.05, 0) is 88.2 Å². The summed E-state index contributed by atoms with van der Waals surface area (Å²) in [5.41, 5.74) is 0.563. The number of carbonyl (C=O) groups is 1. The SMILES string of the molecule is CC1(C)C[C@@H](C(=O)Nc2cc3cc(C4CCN([C@@]5(C)COC[C@H]5O)CC4)c(Cl)cc3cn2)CO1. The van der Waals surface area contributed by atoms with Crippen molar-refractivity contribution in [2.24, 2.45) is 5.92 Å². The second-order valence-electron chi connectivity index (χ2n) is 10.9. The zero-order valence-corrected chi connectivity index (χ0v) is 20.9. The van der Waals surface area contributed by atoms with Crippen LogP contribution in [0.3, 0.4) is 0 Å². The number of likely N-dealkylation sites (tertiary alicyclic amines) is 1. The molecular formula is C26H34ClN3O4. The van der Waals surface area contributed by atoms with Crippen LogP contribution in [0, 0.1) is 5.92 Å². The molecule has 3 fully saturated rings. The first-order chi connectivity index (χ1) is 16.1. The molecule has 4 heterocycles. The molecule has 0 saturated carbocycles. The van der Waals surface area contributed by atoms with Crippen LogP contribution in [-0.2, 0) is 14.3 Å². The molecule has 0 radical (unpaired) electrons. The Hall–Kier alpha value is -1.77. The van der Waals surface area contributed by atoms with E-state index in [-0.39, 0.29) is 23.0 Å². The molecule has 1 aromatic carbocycles. The van der Waals surface area contributed by atoms with E-state index >= 15 is 0 Å². The van der Waals surface area contributed by atoms with Gasteiger partial charge in [0.05, 0.1) is 43.0 Å². The molecule has 0 aliphatic carbocycles. The van der Waals surface area contributed by atoms with Crippen molar-refractivity contribution in [2.45, 2.75) is 63.2 Å². The molecule has 3 atom stereocenters. The number of nitrogens with zero attached hydrogens (tertiary/aromatic N) is 2. The van der Waals surface area contributed by atoms with Crippen molar-refractivity contribution in [3.63, 3.8) is 0 Å². The number of anilines is 1. The number of amides is 1. The van der Waals surface area contributed by atoms with Crippen molar-refractivity contribution in [3.8, 4) is 0 Å². The molecule has 0 spiro atoms. The standard InChI is InChI=1S/C26H34ClN3O4/c1-25(2)11-19(13-34-25)24(32)29-23-10-17-8-20(21(27)9-18(17)12-28-23)16-4-6-30(7-5-16)26(3)15-33-14-22(26)31/h8-10,12,16,19,22,31H,4-7,11,13-15H2,1-3H3,(H,28,29,32)/t19-,22-,26+/m1/s1. The summed E-state index contributed by atoms with van der Waals surface area (Å²) in [6.45, 7) is 9.32. The Bertz CT molecular complexity index is 1090. The molecule has 3 aliphatic heterocycles. The molecule has 3 aliphatic rings. The highest BCUT2D eigenvalue weighted by atomic mass is 35.5. The van der Waals surface area contributed by atoms with Gasteiger partial charge in [0, 0.05) is 16.6 Å². The van der Waals surface area contributed by atoms with E-state index in [4.69, 9.17) is 21.1 Å². The molecule has 5 rings (SSSR count). The van der Waals surface area contributed by atoms with Crippen LogP contribution in [0.2, 0.25) is 5.02 Å². The van der Waals surface area contributed by atoms with E-state index in [9.17, 15) is 9.90 Å². The average molecular weight is 488 g/mol. The number of halogens is 1. The summed E-state index contributed by atoms with van der Waals surface area (Å²) < 4.78 is 11.2. The van der Waals surface area contributed by atoms with Crippen LogP contribution in [0.15, 0.2) is 24.4 Å². The molecule has 8 heteroatoms. The van der Waals surface area contributed by atoms with E-state index in [1.54, 1.807) is 6.20 Å². The Kier molecular flexibility index (Phi) is 6.36. The number of piperidine rings is 1. The maximum absolute atomic E-state index is 12.7. The lowest BCUT2D eigenvalue weighted by Crippen LogP contribution is -2.56. The Labute approximate surface area is 205 Å². The Morgan fingerprint density at radius 2 is 1.94 bits per heavy atom. The van der Waals surface area contributed by atoms with Crippen LogP contribution in [0.4, 0.5) is 5.82 Å². The van der Waals surface area contributed by atoms with E-state index in [1.807, 2.05) is 26.0 Å². The average Bonchev–Trinajstić information content (AvgIpc) is 3.35. The number of aliphatic hydroxyl groups is 1. The first-order valence-electron chi connectivity index (χ1n) is 12.2. The summed E-state index contributed by atoms with van der Waals surface area (Å²) in [7, 11) is 0. The third-order valence-corrected chi connectivity index (χ3v) is 8.24. The smallest absolute Gasteiger partial charge is 0.231 e. The summed E-state index contributed by atoms with van der Waals surface area (Å²) in [4.78, 5) is 19.5. The zero-order chi connectivity index (χ0) is 24.1. The van der Waals surface area contributed by atoms with E-state index < -0.39 is 6.10 Å². The number of aliphatic hydroxyl groups excluding tert-OH is 1. The van der Waals surface area contributed by atoms with Crippen LogP contribution in [0.25, 0.3) is 10.8 Å². The summed E-state index contributed by atoms with van der Waals surface area (Å²) in [6, 6.07) is 6.04. The maximum atomic E-state index is 12.7. The van der Waals surface area contributed by atoms with E-state index in [0.717, 1.165) is 47.3 Å². The fourth-order valence-electron chi connectivity index (χ4n) is 5.66. The number of aromatic nitrogens is 1. The number of rotatable bonds is 4. The van der Waals surface area contributed by atoms with Crippen molar-refractivity contribution in [3.05, 3.63) is 35.0 Å². The van der Waals surface area contributed by atoms with Gasteiger partial charge in [-0.15, -0.1) is 0 Å². The summed E-state index contributed by atoms with van der Waals surface area (Å²) in [6.07, 6.45) is 3.96. The van der Waals surface area contributed by atoms with Crippen LogP contribution in [-0.4, -0.2) is 71.1 Å². The van der Waals surface area contributed by atoms with Crippen LogP contribution in [0.1, 0.15) is 51.5 Å². The molecule has 2 aromatic rings. The number of ether oxygens (including phenoxy) is 2. The van der Waals surface area contributed by atoms with Gasteiger partial charge >= 0.3 is 0 Å². The molecule has 7 nitrogen and oxygen atoms in total. The number of hydrogen-bond donors (Lipinski definition) is 2. The van der Waals surface area contributed by atoms with Crippen molar-refractivity contribution >= 4 is 34.1 Å². The quantitative estimate of drug-likeness (QED) is 0.679. The van der Waals surface area contributed by atoms with Gasteiger partial charge in [0.15, 0.2) is 0 Å². The molecule has 184 valence electrons. The Morgan fingerprint density at radius 1 is 1.18 bits per heavy atom. The fourth-order valence-corrected chi connectivity index (χ4v) is 5.98. The number of fused-ring (bicyclic) bond motifs is 1. The van der Waals surface area contributed by atoms with Crippen LogP contribution in [0.5, 0.6) is 0 Å². The fraction of sp³-hybridized carbons (Fsp3) is 0.615. The van der Waals surface area contributed by atoms with E-state index in [2.05, 4.69) is 28.2 Å². The molecule has 0 unspecified atom stereocenters. The molecule has 1 amide bonds. The van der Waals surface area contributed by atoms with Crippen molar-refractivity contribution in [2.75, 3.05) is 38.2 Å². The van der Waals surface area contributed by atoms with Gasteiger partial charge < -0.3 is 19.9 Å². The Morgan fingerprint density at radius 3 is 2.59 bits per heavy atom. The second kappa shape index (κ2) is 9.03. The van der Waals surface area contributed by atoms with Crippen LogP contribution < -0.4 is 5.32 Å². The number of nitrogens with one attached hydrogen (secondary N) is 1. The first-order valence-corrected chi connectivity index (χ1v) is 12.6. The highest BCUT2D eigenvalue weighted by Crippen LogP contribution is 2.39. The van der Waals surface area contributed by atoms with Gasteiger partial charge in [0.1, 0.15) is 5.82 Å². The topological polar surface area (TPSA) is 83.9 Å². The van der Waals surface area contributed by atoms with E-state index in [1.165, 1.54) is 0 Å². The molecule has 0 bridgehead atoms. The monoisotopic (exact) mass is 487 g/mol. The van der Waals surface area contributed by atoms with Gasteiger partial charge in [0.2, 0.25) is 5.91 Å². The van der Waals surface area contributed by atoms with E-state index in [0.29, 0.717) is 38.0 Å². The van der Waals surface area contributed by atoms with Crippen molar-refractivity contribution in [1.82, 2.24) is 9.88 Å². The number of pyridine rings is 1. The minimum atomic E-state index is -0.448. The molecule has 3 saturated heterocycles. The minimum absolute atomic E-state index is 0.0504. The molecule has 1 aromatic heterocycles. The largest absolute Gasteiger partial charge is 0.389 e. The summed E-state index contributed by atoms with van der Waals surface area (Å²) in [5.74, 6) is 0.684. The van der Waals surface area contributed by atoms with Crippen LogP contribution >= 0.6 is 11.6 Å². The van der Waals surface area contributed by atoms with Gasteiger partial charge in [-0.3, -0.25) is 9.69 Å². The lowest BCUT2D eigenvalue weighted by Gasteiger charge is -2.43. The maximum Gasteiger partial charge on any atom is 0.231 e. The number of hydrogen-bond acceptors (Lipinski definition) is 6. The normalized spacial score (nSPS) is 30.1. The third kappa shape index (κ3) is 4.56. The third-order valence-electron chi connectivity index (χ3n) is 7.92. The van der Waals surface area contributed by atoms with Gasteiger partial charge in [-0.25, -0.2) is 4.98 Å². The number of carbonyl (C=O) groups excluding carboxylic acids is 1. The van der Waals surface area contributed by atoms with Gasteiger partial charge in [-0.2, -0.15) is 0 Å². The molecule has 2 N–H and O–H groups in total. The molecule has 34 heavy (non-hydrogen) atoms. The first kappa shape index (κ1) is 23.9. The lowest BCUT2D eigenvalue weighted by atomic mass is 9.85. The second-order valence-corrected chi connectivity index (χ2v) is 11.3. The molecular weight excluding hydrogens is 454 g/mol. The van der Waals surface area contributed by atoms with Crippen molar-refractivity contribution < 1.29 is 19.4 Å². The summed E-state index contributed by atoms with van der Waals surface area (Å²) in [5, 5.41) is 16.1. The van der Waals surface area contributed by atoms with Gasteiger partial charge in [0.25, 0.3) is 0 Å². The predicted octanol–water partition coefficient (Wildman–Crippen LogP) is 3.97. The predicted molar refractivity (Wildman–Crippen MR) is 132 cm³/mol. The Balaban J connectivity index is 1.30. The number of benzene rings is 1. The zero-order valence-electron chi connectivity index (χ0n) is 20.1. The lowest BCUT2D eigenvalue weighted by molar-refractivity contribution is -0.119. The van der Waals surface area contributed by atoms with Gasteiger partial charge in [-0.1, -0.05) is 11.6 Å². The minimum Gasteiger partial charge on any atom is -0.389 e. The van der Waals surface area contributed by atoms with Crippen molar-refractivity contribution in [1.29, 1.82) is 0 Å². The highest BCUT2D eigenvalue weighted by molar-refractivity contribution is 6.32.